The van der Waals surface area contributed by atoms with Crippen LogP contribution in [0, 0.1) is 5.92 Å². The Morgan fingerprint density at radius 3 is 2.35 bits per heavy atom. The Morgan fingerprint density at radius 1 is 1.35 bits per heavy atom. The van der Waals surface area contributed by atoms with E-state index >= 15 is 0 Å². The van der Waals surface area contributed by atoms with Gasteiger partial charge in [-0.3, -0.25) is 0 Å². The highest BCUT2D eigenvalue weighted by molar-refractivity contribution is 6.69. The molecule has 0 amide bonds. The fourth-order valence-corrected chi connectivity index (χ4v) is 3.31. The molecule has 0 aliphatic carbocycles. The first-order valence-electron chi connectivity index (χ1n) is 6.02. The van der Waals surface area contributed by atoms with Crippen molar-refractivity contribution in [2.24, 2.45) is 11.7 Å². The third-order valence-corrected chi connectivity index (χ3v) is 3.99. The van der Waals surface area contributed by atoms with Gasteiger partial charge < -0.3 is 24.7 Å². The standard InChI is InChI=1S/C11H25NO4Si/c1-7-8(6-13)15-11(14-2)9(12)10(7)16-17(3,4)5/h7-11,13H,6,12H2,1-5H3/t7-,8+,9+,10-,11+/m0/s1. The Labute approximate surface area is 104 Å². The van der Waals surface area contributed by atoms with E-state index < -0.39 is 14.6 Å². The third kappa shape index (κ3) is 3.74. The molecule has 1 rings (SSSR count). The summed E-state index contributed by atoms with van der Waals surface area (Å²) in [4.78, 5) is 0. The van der Waals surface area contributed by atoms with Crippen LogP contribution in [0.3, 0.4) is 0 Å². The van der Waals surface area contributed by atoms with Crippen molar-refractivity contribution in [3.8, 4) is 0 Å². The predicted molar refractivity (Wildman–Crippen MR) is 68.1 cm³/mol. The molecule has 0 saturated carbocycles. The van der Waals surface area contributed by atoms with E-state index in [1.165, 1.54) is 0 Å². The molecule has 0 unspecified atom stereocenters. The Kier molecular flexibility index (Phi) is 5.12. The van der Waals surface area contributed by atoms with E-state index in [0.717, 1.165) is 0 Å². The van der Waals surface area contributed by atoms with Crippen molar-refractivity contribution < 1.29 is 19.0 Å². The molecule has 0 radical (unpaired) electrons. The zero-order chi connectivity index (χ0) is 13.2. The average molecular weight is 263 g/mol. The van der Waals surface area contributed by atoms with Crippen molar-refractivity contribution in [2.75, 3.05) is 13.7 Å². The Balaban J connectivity index is 2.82. The second-order valence-electron chi connectivity index (χ2n) is 5.59. The molecular weight excluding hydrogens is 238 g/mol. The summed E-state index contributed by atoms with van der Waals surface area (Å²) in [7, 11) is -0.130. The van der Waals surface area contributed by atoms with Gasteiger partial charge in [0, 0.05) is 13.0 Å². The van der Waals surface area contributed by atoms with Crippen LogP contribution in [0.15, 0.2) is 0 Å². The molecule has 3 N–H and O–H groups in total. The second-order valence-corrected chi connectivity index (χ2v) is 10.1. The van der Waals surface area contributed by atoms with Crippen LogP contribution >= 0.6 is 0 Å². The van der Waals surface area contributed by atoms with Gasteiger partial charge in [-0.15, -0.1) is 0 Å². The van der Waals surface area contributed by atoms with E-state index in [4.69, 9.17) is 19.6 Å². The van der Waals surface area contributed by atoms with Gasteiger partial charge in [0.05, 0.1) is 24.9 Å². The molecule has 0 spiro atoms. The van der Waals surface area contributed by atoms with Gasteiger partial charge in [-0.05, 0) is 19.6 Å². The van der Waals surface area contributed by atoms with Crippen LogP contribution in [0.25, 0.3) is 0 Å². The molecule has 1 heterocycles. The van der Waals surface area contributed by atoms with Crippen LogP contribution in [0.5, 0.6) is 0 Å². The van der Waals surface area contributed by atoms with E-state index in [1.807, 2.05) is 6.92 Å². The third-order valence-electron chi connectivity index (χ3n) is 3.01. The zero-order valence-corrected chi connectivity index (χ0v) is 12.3. The highest BCUT2D eigenvalue weighted by Gasteiger charge is 2.44. The number of nitrogens with two attached hydrogens (primary N) is 1. The number of aliphatic hydroxyl groups is 1. The first kappa shape index (κ1) is 15.1. The van der Waals surface area contributed by atoms with Crippen molar-refractivity contribution in [3.63, 3.8) is 0 Å². The van der Waals surface area contributed by atoms with Crippen LogP contribution in [0.2, 0.25) is 19.6 Å². The fraction of sp³-hybridized carbons (Fsp3) is 1.00. The summed E-state index contributed by atoms with van der Waals surface area (Å²) >= 11 is 0. The lowest BCUT2D eigenvalue weighted by Crippen LogP contribution is -2.61. The highest BCUT2D eigenvalue weighted by Crippen LogP contribution is 2.29. The van der Waals surface area contributed by atoms with E-state index in [-0.39, 0.29) is 30.8 Å². The number of ether oxygens (including phenoxy) is 2. The number of hydrogen-bond acceptors (Lipinski definition) is 5. The summed E-state index contributed by atoms with van der Waals surface area (Å²) in [5.74, 6) is 0.0631. The molecule has 0 aromatic carbocycles. The molecule has 5 atom stereocenters. The largest absolute Gasteiger partial charge is 0.413 e. The van der Waals surface area contributed by atoms with E-state index in [2.05, 4.69) is 19.6 Å². The lowest BCUT2D eigenvalue weighted by Gasteiger charge is -2.45. The minimum atomic E-state index is -1.69. The minimum absolute atomic E-state index is 0.0424. The lowest BCUT2D eigenvalue weighted by atomic mass is 9.90. The number of rotatable bonds is 4. The zero-order valence-electron chi connectivity index (χ0n) is 11.3. The monoisotopic (exact) mass is 263 g/mol. The molecule has 17 heavy (non-hydrogen) atoms. The smallest absolute Gasteiger partial charge is 0.184 e. The molecule has 5 nitrogen and oxygen atoms in total. The van der Waals surface area contributed by atoms with Crippen molar-refractivity contribution >= 4 is 8.32 Å². The Hall–Kier alpha value is 0.0169. The quantitative estimate of drug-likeness (QED) is 0.724. The first-order chi connectivity index (χ1) is 7.80. The maximum absolute atomic E-state index is 9.31. The van der Waals surface area contributed by atoms with Crippen LogP contribution in [-0.4, -0.2) is 51.7 Å². The van der Waals surface area contributed by atoms with Crippen molar-refractivity contribution in [1.29, 1.82) is 0 Å². The van der Waals surface area contributed by atoms with Gasteiger partial charge >= 0.3 is 0 Å². The summed E-state index contributed by atoms with van der Waals surface area (Å²) < 4.78 is 16.9. The molecule has 0 aromatic rings. The number of aliphatic hydroxyl groups excluding tert-OH is 1. The molecular formula is C11H25NO4Si. The molecule has 0 bridgehead atoms. The molecule has 1 aliphatic rings. The van der Waals surface area contributed by atoms with Crippen LogP contribution in [0.1, 0.15) is 6.92 Å². The fourth-order valence-electron chi connectivity index (χ4n) is 2.12. The van der Waals surface area contributed by atoms with E-state index in [1.54, 1.807) is 7.11 Å². The molecule has 6 heteroatoms. The summed E-state index contributed by atoms with van der Waals surface area (Å²) in [5, 5.41) is 9.31. The molecule has 1 saturated heterocycles. The summed E-state index contributed by atoms with van der Waals surface area (Å²) in [6.07, 6.45) is -0.914. The van der Waals surface area contributed by atoms with E-state index in [9.17, 15) is 5.11 Å². The van der Waals surface area contributed by atoms with Crippen LogP contribution in [0.4, 0.5) is 0 Å². The van der Waals surface area contributed by atoms with Gasteiger partial charge in [0.1, 0.15) is 0 Å². The summed E-state index contributed by atoms with van der Waals surface area (Å²) in [6, 6.07) is -0.315. The summed E-state index contributed by atoms with van der Waals surface area (Å²) in [5.41, 5.74) is 6.11. The van der Waals surface area contributed by atoms with Crippen molar-refractivity contribution in [3.05, 3.63) is 0 Å². The van der Waals surface area contributed by atoms with Gasteiger partial charge in [0.25, 0.3) is 0 Å². The van der Waals surface area contributed by atoms with Crippen LogP contribution < -0.4 is 5.73 Å². The Bertz CT molecular complexity index is 230. The van der Waals surface area contributed by atoms with Crippen LogP contribution in [-0.2, 0) is 13.9 Å². The maximum atomic E-state index is 9.31. The normalized spacial score (nSPS) is 39.4. The maximum Gasteiger partial charge on any atom is 0.184 e. The second kappa shape index (κ2) is 5.77. The van der Waals surface area contributed by atoms with E-state index in [0.29, 0.717) is 0 Å². The minimum Gasteiger partial charge on any atom is -0.413 e. The molecule has 0 aromatic heterocycles. The molecule has 1 fully saturated rings. The number of methoxy groups -OCH3 is 1. The molecule has 102 valence electrons. The average Bonchev–Trinajstić information content (AvgIpc) is 2.23. The predicted octanol–water partition coefficient (Wildman–Crippen LogP) is 0.533. The van der Waals surface area contributed by atoms with Gasteiger partial charge in [0.15, 0.2) is 14.6 Å². The molecule has 1 aliphatic heterocycles. The Morgan fingerprint density at radius 2 is 1.94 bits per heavy atom. The topological polar surface area (TPSA) is 73.9 Å². The first-order valence-corrected chi connectivity index (χ1v) is 9.43. The lowest BCUT2D eigenvalue weighted by molar-refractivity contribution is -0.237. The van der Waals surface area contributed by atoms with Crippen molar-refractivity contribution in [2.45, 2.75) is 51.1 Å². The summed E-state index contributed by atoms with van der Waals surface area (Å²) in [6.45, 7) is 8.32. The number of hydrogen-bond donors (Lipinski definition) is 2. The van der Waals surface area contributed by atoms with Crippen molar-refractivity contribution in [1.82, 2.24) is 0 Å². The van der Waals surface area contributed by atoms with Gasteiger partial charge in [-0.25, -0.2) is 0 Å². The van der Waals surface area contributed by atoms with Gasteiger partial charge in [-0.1, -0.05) is 6.92 Å². The van der Waals surface area contributed by atoms with Gasteiger partial charge in [0.2, 0.25) is 0 Å². The van der Waals surface area contributed by atoms with Gasteiger partial charge in [-0.2, -0.15) is 0 Å². The SMILES string of the molecule is CO[C@@H]1O[C@H](CO)[C@H](C)[C@H](O[Si](C)(C)C)[C@H]1N. The highest BCUT2D eigenvalue weighted by atomic mass is 28.4.